The second-order valence-corrected chi connectivity index (χ2v) is 6.49. The summed E-state index contributed by atoms with van der Waals surface area (Å²) in [4.78, 5) is 24.9. The summed E-state index contributed by atoms with van der Waals surface area (Å²) >= 11 is 0. The van der Waals surface area contributed by atoms with Gasteiger partial charge in [0, 0.05) is 18.9 Å². The summed E-state index contributed by atoms with van der Waals surface area (Å²) in [5, 5.41) is 11.4. The highest BCUT2D eigenvalue weighted by Gasteiger charge is 2.41. The number of alkyl halides is 3. The van der Waals surface area contributed by atoms with E-state index in [0.29, 0.717) is 0 Å². The Labute approximate surface area is 157 Å². The van der Waals surface area contributed by atoms with E-state index in [1.807, 2.05) is 0 Å². The molecule has 1 amide bonds. The van der Waals surface area contributed by atoms with Crippen LogP contribution in [0.5, 0.6) is 0 Å². The van der Waals surface area contributed by atoms with Gasteiger partial charge in [-0.1, -0.05) is 30.3 Å². The molecule has 8 heteroatoms. The summed E-state index contributed by atoms with van der Waals surface area (Å²) in [7, 11) is 0. The summed E-state index contributed by atoms with van der Waals surface area (Å²) in [6.45, 7) is 0.0112. The molecule has 4 nitrogen and oxygen atoms in total. The lowest BCUT2D eigenvalue weighted by Crippen LogP contribution is -2.29. The van der Waals surface area contributed by atoms with Crippen molar-refractivity contribution in [3.05, 3.63) is 70.5 Å². The molecule has 1 N–H and O–H groups in total. The molecule has 28 heavy (non-hydrogen) atoms. The monoisotopic (exact) mass is 390 g/mol. The Kier molecular flexibility index (Phi) is 5.18. The predicted molar refractivity (Wildman–Crippen MR) is 90.5 cm³/mol. The fraction of sp³-hybridized carbons (Fsp3) is 0.250. The molecular weight excluding hydrogens is 376 g/mol. The van der Waals surface area contributed by atoms with Gasteiger partial charge in [0.15, 0.2) is 0 Å². The lowest BCUT2D eigenvalue weighted by atomic mass is 9.83. The zero-order valence-electron chi connectivity index (χ0n) is 14.4. The zero-order valence-corrected chi connectivity index (χ0v) is 14.4. The molecule has 2 aromatic carbocycles. The average molecular weight is 390 g/mol. The number of carbonyl (C=O) groups excluding carboxylic acids is 2. The van der Waals surface area contributed by atoms with Gasteiger partial charge >= 0.3 is 6.18 Å². The Balaban J connectivity index is 1.89. The Morgan fingerprint density at radius 2 is 1.93 bits per heavy atom. The third kappa shape index (κ3) is 3.74. The fourth-order valence-electron chi connectivity index (χ4n) is 3.35. The topological polar surface area (TPSA) is 70.0 Å². The molecule has 0 spiro atoms. The average Bonchev–Trinajstić information content (AvgIpc) is 3.04. The van der Waals surface area contributed by atoms with E-state index in [1.54, 1.807) is 6.07 Å². The Morgan fingerprint density at radius 3 is 2.61 bits per heavy atom. The number of nitrogens with zero attached hydrogens (tertiary/aromatic N) is 1. The number of benzene rings is 2. The molecule has 0 bridgehead atoms. The quantitative estimate of drug-likeness (QED) is 0.643. The number of hydrogen-bond acceptors (Lipinski definition) is 3. The fourth-order valence-corrected chi connectivity index (χ4v) is 3.35. The van der Waals surface area contributed by atoms with Crippen molar-refractivity contribution in [1.82, 2.24) is 5.32 Å². The van der Waals surface area contributed by atoms with Crippen LogP contribution < -0.4 is 5.32 Å². The number of ketones is 1. The second kappa shape index (κ2) is 7.43. The lowest BCUT2D eigenvalue weighted by molar-refractivity contribution is -0.137. The maximum Gasteiger partial charge on any atom is 0.416 e. The highest BCUT2D eigenvalue weighted by atomic mass is 19.4. The van der Waals surface area contributed by atoms with Crippen molar-refractivity contribution in [3.63, 3.8) is 0 Å². The van der Waals surface area contributed by atoms with Gasteiger partial charge in [0.1, 0.15) is 23.6 Å². The van der Waals surface area contributed by atoms with E-state index < -0.39 is 47.5 Å². The Bertz CT molecular complexity index is 979. The van der Waals surface area contributed by atoms with Gasteiger partial charge < -0.3 is 5.32 Å². The first-order chi connectivity index (χ1) is 13.2. The number of nitrogens with one attached hydrogen (secondary N) is 1. The predicted octanol–water partition coefficient (Wildman–Crippen LogP) is 3.36. The molecule has 3 rings (SSSR count). The van der Waals surface area contributed by atoms with E-state index in [4.69, 9.17) is 5.26 Å². The summed E-state index contributed by atoms with van der Waals surface area (Å²) in [6.07, 6.45) is -4.98. The number of amides is 1. The number of halogens is 4. The molecule has 0 aromatic heterocycles. The lowest BCUT2D eigenvalue weighted by Gasteiger charge is -2.18. The van der Waals surface area contributed by atoms with Gasteiger partial charge in [-0.25, -0.2) is 4.39 Å². The van der Waals surface area contributed by atoms with Gasteiger partial charge in [-0.15, -0.1) is 0 Å². The maximum absolute atomic E-state index is 14.2. The number of hydrogen-bond donors (Lipinski definition) is 1. The van der Waals surface area contributed by atoms with E-state index in [9.17, 15) is 27.2 Å². The Hall–Kier alpha value is -3.21. The van der Waals surface area contributed by atoms with Crippen molar-refractivity contribution in [1.29, 1.82) is 5.26 Å². The minimum atomic E-state index is -4.55. The third-order valence-corrected chi connectivity index (χ3v) is 4.73. The highest BCUT2D eigenvalue weighted by molar-refractivity contribution is 6.04. The van der Waals surface area contributed by atoms with E-state index in [1.165, 1.54) is 30.3 Å². The van der Waals surface area contributed by atoms with Crippen LogP contribution in [0.3, 0.4) is 0 Å². The van der Waals surface area contributed by atoms with Crippen LogP contribution in [0.25, 0.3) is 0 Å². The van der Waals surface area contributed by atoms with Crippen LogP contribution in [-0.4, -0.2) is 18.2 Å². The van der Waals surface area contributed by atoms with Gasteiger partial charge in [0.25, 0.3) is 0 Å². The van der Waals surface area contributed by atoms with Crippen LogP contribution >= 0.6 is 0 Å². The number of nitriles is 1. The van der Waals surface area contributed by atoms with Crippen molar-refractivity contribution in [2.45, 2.75) is 18.5 Å². The molecule has 0 radical (unpaired) electrons. The van der Waals surface area contributed by atoms with E-state index >= 15 is 0 Å². The van der Waals surface area contributed by atoms with Crippen LogP contribution in [0.2, 0.25) is 0 Å². The number of Topliss-reactive ketones (excluding diaryl/α,β-unsaturated/α-hetero) is 1. The van der Waals surface area contributed by atoms with Crippen LogP contribution in [0.15, 0.2) is 42.5 Å². The first kappa shape index (κ1) is 19.5. The minimum Gasteiger partial charge on any atom is -0.355 e. The molecule has 0 saturated carbocycles. The molecular formula is C20H14F4N2O2. The normalized spacial score (nSPS) is 19.2. The molecule has 2 atom stereocenters. The SMILES string of the molecule is N#Cc1cccc(CC(=O)[C@H]2C(=O)NC[C@@H]2c2cccc(C(F)(F)F)c2)c1F. The van der Waals surface area contributed by atoms with Crippen LogP contribution in [-0.2, 0) is 22.2 Å². The van der Waals surface area contributed by atoms with Gasteiger partial charge in [-0.05, 0) is 23.3 Å². The molecule has 1 aliphatic heterocycles. The summed E-state index contributed by atoms with van der Waals surface area (Å²) in [5.41, 5.74) is -0.928. The highest BCUT2D eigenvalue weighted by Crippen LogP contribution is 2.35. The molecule has 0 unspecified atom stereocenters. The second-order valence-electron chi connectivity index (χ2n) is 6.49. The maximum atomic E-state index is 14.2. The molecule has 2 aromatic rings. The summed E-state index contributed by atoms with van der Waals surface area (Å²) < 4.78 is 53.1. The third-order valence-electron chi connectivity index (χ3n) is 4.73. The first-order valence-corrected chi connectivity index (χ1v) is 8.37. The van der Waals surface area contributed by atoms with E-state index in [-0.39, 0.29) is 23.2 Å². The van der Waals surface area contributed by atoms with Crippen LogP contribution in [0.4, 0.5) is 17.6 Å². The van der Waals surface area contributed by atoms with Crippen LogP contribution in [0.1, 0.15) is 28.2 Å². The Morgan fingerprint density at radius 1 is 1.21 bits per heavy atom. The van der Waals surface area contributed by atoms with Crippen molar-refractivity contribution in [2.24, 2.45) is 5.92 Å². The number of carbonyl (C=O) groups is 2. The molecule has 1 aliphatic rings. The minimum absolute atomic E-state index is 0.0112. The summed E-state index contributed by atoms with van der Waals surface area (Å²) in [5.74, 6) is -4.08. The van der Waals surface area contributed by atoms with Crippen molar-refractivity contribution >= 4 is 11.7 Å². The van der Waals surface area contributed by atoms with Crippen molar-refractivity contribution < 1.29 is 27.2 Å². The van der Waals surface area contributed by atoms with Crippen LogP contribution in [0, 0.1) is 23.1 Å². The van der Waals surface area contributed by atoms with Gasteiger partial charge in [0.05, 0.1) is 11.1 Å². The van der Waals surface area contributed by atoms with Crippen molar-refractivity contribution in [3.8, 4) is 6.07 Å². The molecule has 1 saturated heterocycles. The smallest absolute Gasteiger partial charge is 0.355 e. The van der Waals surface area contributed by atoms with E-state index in [0.717, 1.165) is 12.1 Å². The van der Waals surface area contributed by atoms with E-state index in [2.05, 4.69) is 5.32 Å². The largest absolute Gasteiger partial charge is 0.416 e. The van der Waals surface area contributed by atoms with Crippen molar-refractivity contribution in [2.75, 3.05) is 6.54 Å². The molecule has 1 fully saturated rings. The number of rotatable bonds is 4. The first-order valence-electron chi connectivity index (χ1n) is 8.37. The van der Waals surface area contributed by atoms with Gasteiger partial charge in [-0.3, -0.25) is 9.59 Å². The van der Waals surface area contributed by atoms with Gasteiger partial charge in [-0.2, -0.15) is 18.4 Å². The molecule has 144 valence electrons. The van der Waals surface area contributed by atoms with Gasteiger partial charge in [0.2, 0.25) is 5.91 Å². The molecule has 0 aliphatic carbocycles. The standard InChI is InChI=1S/C20H14F4N2O2/c21-18-12(4-1-5-13(18)9-25)8-16(27)17-15(10-26-19(17)28)11-3-2-6-14(7-11)20(22,23)24/h1-7,15,17H,8,10H2,(H,26,28)/t15-,17+/m1/s1. The molecule has 1 heterocycles. The zero-order chi connectivity index (χ0) is 20.5. The summed E-state index contributed by atoms with van der Waals surface area (Å²) in [6, 6.07) is 10.2.